The number of hydrogen-bond donors (Lipinski definition) is 0. The van der Waals surface area contributed by atoms with Gasteiger partial charge in [0.15, 0.2) is 5.75 Å². The van der Waals surface area contributed by atoms with Crippen LogP contribution in [0.5, 0.6) is 5.75 Å². The van der Waals surface area contributed by atoms with Crippen LogP contribution in [-0.2, 0) is 0 Å². The topological polar surface area (TPSA) is 9.23 Å². The Kier molecular flexibility index (Phi) is 6.97. The van der Waals surface area contributed by atoms with Gasteiger partial charge in [0.25, 0.3) is 0 Å². The zero-order valence-corrected chi connectivity index (χ0v) is 14.7. The van der Waals surface area contributed by atoms with E-state index in [0.717, 1.165) is 5.56 Å². The number of halogens is 1. The first-order valence-corrected chi connectivity index (χ1v) is 8.48. The Bertz CT molecular complexity index is 742. The first-order valence-electron chi connectivity index (χ1n) is 8.48. The summed E-state index contributed by atoms with van der Waals surface area (Å²) < 4.78 is 12.6. The Morgan fingerprint density at radius 3 is 1.76 bits per heavy atom. The molecular formula is C23H23FO. The Hall–Kier alpha value is -2.87. The van der Waals surface area contributed by atoms with E-state index in [1.165, 1.54) is 11.1 Å². The molecule has 25 heavy (non-hydrogen) atoms. The van der Waals surface area contributed by atoms with Gasteiger partial charge in [0.05, 0.1) is 0 Å². The molecule has 3 aromatic carbocycles. The van der Waals surface area contributed by atoms with Crippen molar-refractivity contribution >= 4 is 6.08 Å². The van der Waals surface area contributed by atoms with Crippen molar-refractivity contribution < 1.29 is 9.47 Å². The molecule has 128 valence electrons. The average molecular weight is 334 g/mol. The third-order valence-electron chi connectivity index (χ3n) is 3.94. The van der Waals surface area contributed by atoms with E-state index in [1.807, 2.05) is 62.4 Å². The molecule has 0 aliphatic carbocycles. The molecule has 0 aliphatic rings. The molecule has 0 saturated carbocycles. The van der Waals surface area contributed by atoms with Gasteiger partial charge in [-0.3, -0.25) is 4.94 Å². The van der Waals surface area contributed by atoms with Crippen LogP contribution in [0.15, 0.2) is 85.4 Å². The minimum Gasteiger partial charge on any atom is -0.294 e. The highest BCUT2D eigenvalue weighted by Crippen LogP contribution is 2.34. The van der Waals surface area contributed by atoms with E-state index in [-0.39, 0.29) is 11.7 Å². The zero-order chi connectivity index (χ0) is 18.1. The standard InChI is InChI=1S/C21H17FO.C2H6/c1-2-16-15-19(13-14-20(16)23-22)21(17-9-5-3-6-10-17)18-11-7-4-8-12-18;1-2/h2-15,21H,1H2;1-2H3. The highest BCUT2D eigenvalue weighted by Gasteiger charge is 2.17. The molecule has 2 heteroatoms. The first-order chi connectivity index (χ1) is 12.3. The summed E-state index contributed by atoms with van der Waals surface area (Å²) in [6, 6.07) is 26.0. The van der Waals surface area contributed by atoms with Crippen molar-refractivity contribution in [3.63, 3.8) is 0 Å². The van der Waals surface area contributed by atoms with Gasteiger partial charge in [0, 0.05) is 16.0 Å². The molecule has 0 heterocycles. The van der Waals surface area contributed by atoms with Gasteiger partial charge < -0.3 is 0 Å². The van der Waals surface area contributed by atoms with Gasteiger partial charge in [-0.1, -0.05) is 93.2 Å². The fraction of sp³-hybridized carbons (Fsp3) is 0.130. The Balaban J connectivity index is 0.00000109. The molecule has 3 rings (SSSR count). The van der Waals surface area contributed by atoms with Crippen molar-refractivity contribution in [3.05, 3.63) is 108 Å². The van der Waals surface area contributed by atoms with Crippen molar-refractivity contribution in [2.75, 3.05) is 0 Å². The molecule has 0 bridgehead atoms. The lowest BCUT2D eigenvalue weighted by Gasteiger charge is -2.19. The highest BCUT2D eigenvalue weighted by atomic mass is 19.3. The molecule has 0 N–H and O–H groups in total. The van der Waals surface area contributed by atoms with Crippen LogP contribution in [0.3, 0.4) is 0 Å². The van der Waals surface area contributed by atoms with E-state index >= 15 is 0 Å². The van der Waals surface area contributed by atoms with Gasteiger partial charge in [-0.25, -0.2) is 0 Å². The molecule has 0 amide bonds. The number of rotatable bonds is 5. The fourth-order valence-electron chi connectivity index (χ4n) is 2.84. The lowest BCUT2D eigenvalue weighted by molar-refractivity contribution is -0.00647. The lowest BCUT2D eigenvalue weighted by atomic mass is 9.84. The Morgan fingerprint density at radius 1 is 0.800 bits per heavy atom. The second-order valence-corrected chi connectivity index (χ2v) is 5.33. The van der Waals surface area contributed by atoms with Gasteiger partial charge in [0.1, 0.15) is 0 Å². The molecule has 0 atom stereocenters. The normalized spacial score (nSPS) is 9.92. The molecule has 0 aliphatic heterocycles. The maximum atomic E-state index is 12.6. The first kappa shape index (κ1) is 18.5. The number of hydrogen-bond acceptors (Lipinski definition) is 1. The second-order valence-electron chi connectivity index (χ2n) is 5.33. The summed E-state index contributed by atoms with van der Waals surface area (Å²) in [5.41, 5.74) is 4.07. The van der Waals surface area contributed by atoms with E-state index in [2.05, 4.69) is 35.8 Å². The zero-order valence-electron chi connectivity index (χ0n) is 14.7. The molecule has 0 unspecified atom stereocenters. The molecule has 1 nitrogen and oxygen atoms in total. The summed E-state index contributed by atoms with van der Waals surface area (Å²) in [5.74, 6) is 0.258. The lowest BCUT2D eigenvalue weighted by Crippen LogP contribution is -2.03. The summed E-state index contributed by atoms with van der Waals surface area (Å²) in [5, 5.41) is 0. The minimum atomic E-state index is 0.0739. The third-order valence-corrected chi connectivity index (χ3v) is 3.94. The predicted molar refractivity (Wildman–Crippen MR) is 103 cm³/mol. The largest absolute Gasteiger partial charge is 0.294 e. The number of benzene rings is 3. The molecular weight excluding hydrogens is 311 g/mol. The predicted octanol–water partition coefficient (Wildman–Crippen LogP) is 6.80. The minimum absolute atomic E-state index is 0.0739. The SMILES string of the molecule is C=Cc1cc(C(c2ccccc2)c2ccccc2)ccc1OF.CC. The Morgan fingerprint density at radius 2 is 1.32 bits per heavy atom. The van der Waals surface area contributed by atoms with E-state index in [9.17, 15) is 4.53 Å². The maximum Gasteiger partial charge on any atom is 0.179 e. The third kappa shape index (κ3) is 4.36. The van der Waals surface area contributed by atoms with Crippen molar-refractivity contribution in [2.24, 2.45) is 0 Å². The van der Waals surface area contributed by atoms with Crippen molar-refractivity contribution in [1.29, 1.82) is 0 Å². The van der Waals surface area contributed by atoms with Crippen LogP contribution < -0.4 is 4.94 Å². The molecule has 0 saturated heterocycles. The molecule has 0 fully saturated rings. The van der Waals surface area contributed by atoms with Crippen LogP contribution in [0, 0.1) is 0 Å². The van der Waals surface area contributed by atoms with E-state index < -0.39 is 0 Å². The fourth-order valence-corrected chi connectivity index (χ4v) is 2.84. The van der Waals surface area contributed by atoms with Crippen LogP contribution in [0.2, 0.25) is 0 Å². The smallest absolute Gasteiger partial charge is 0.179 e. The summed E-state index contributed by atoms with van der Waals surface area (Å²) in [6.45, 7) is 7.74. The van der Waals surface area contributed by atoms with E-state index in [4.69, 9.17) is 0 Å². The molecule has 3 aromatic rings. The van der Waals surface area contributed by atoms with E-state index in [0.29, 0.717) is 5.56 Å². The summed E-state index contributed by atoms with van der Waals surface area (Å²) >= 11 is 0. The van der Waals surface area contributed by atoms with Crippen molar-refractivity contribution in [3.8, 4) is 5.75 Å². The van der Waals surface area contributed by atoms with Crippen LogP contribution >= 0.6 is 0 Å². The van der Waals surface area contributed by atoms with Gasteiger partial charge in [-0.2, -0.15) is 0 Å². The van der Waals surface area contributed by atoms with Crippen LogP contribution in [0.25, 0.3) is 6.08 Å². The van der Waals surface area contributed by atoms with Crippen LogP contribution in [-0.4, -0.2) is 0 Å². The monoisotopic (exact) mass is 334 g/mol. The van der Waals surface area contributed by atoms with Gasteiger partial charge >= 0.3 is 0 Å². The average Bonchev–Trinajstić information content (AvgIpc) is 2.71. The van der Waals surface area contributed by atoms with Crippen molar-refractivity contribution in [1.82, 2.24) is 0 Å². The van der Waals surface area contributed by atoms with Gasteiger partial charge in [0.2, 0.25) is 0 Å². The molecule has 0 radical (unpaired) electrons. The highest BCUT2D eigenvalue weighted by molar-refractivity contribution is 5.58. The van der Waals surface area contributed by atoms with Crippen LogP contribution in [0.4, 0.5) is 4.53 Å². The quantitative estimate of drug-likeness (QED) is 0.466. The summed E-state index contributed by atoms with van der Waals surface area (Å²) in [4.78, 5) is 3.91. The molecule has 0 aromatic heterocycles. The second kappa shape index (κ2) is 9.43. The van der Waals surface area contributed by atoms with E-state index in [1.54, 1.807) is 12.1 Å². The summed E-state index contributed by atoms with van der Waals surface area (Å²) in [6.07, 6.45) is 1.60. The van der Waals surface area contributed by atoms with Gasteiger partial charge in [-0.05, 0) is 28.8 Å². The van der Waals surface area contributed by atoms with Crippen molar-refractivity contribution in [2.45, 2.75) is 19.8 Å². The van der Waals surface area contributed by atoms with Gasteiger partial charge in [-0.15, -0.1) is 0 Å². The van der Waals surface area contributed by atoms with Crippen LogP contribution in [0.1, 0.15) is 42.0 Å². The molecule has 0 spiro atoms. The maximum absolute atomic E-state index is 12.6. The Labute approximate surface area is 149 Å². The summed E-state index contributed by atoms with van der Waals surface area (Å²) in [7, 11) is 0.